The lowest BCUT2D eigenvalue weighted by Gasteiger charge is -2.32. The molecule has 0 spiro atoms. The monoisotopic (exact) mass is 492 g/mol. The molecule has 9 nitrogen and oxygen atoms in total. The van der Waals surface area contributed by atoms with Crippen molar-refractivity contribution in [1.82, 2.24) is 24.1 Å². The van der Waals surface area contributed by atoms with Crippen molar-refractivity contribution in [2.45, 2.75) is 52.5 Å². The quantitative estimate of drug-likeness (QED) is 0.410. The number of anilines is 1. The first kappa shape index (κ1) is 23.2. The predicted octanol–water partition coefficient (Wildman–Crippen LogP) is 4.91. The number of aromatic nitrogens is 5. The Hall–Kier alpha value is -3.53. The third kappa shape index (κ3) is 4.45. The summed E-state index contributed by atoms with van der Waals surface area (Å²) in [7, 11) is 0. The SMILES string of the molecule is CC(C)N(c1nn(-c2ccc(-c3cn4cccnc4n3)s2)cc1C(=O)O)C(=O)[C@H]1CC[C@H](C)CC1. The molecular formula is C25H28N6O3S. The number of rotatable bonds is 6. The number of hydrogen-bond donors (Lipinski definition) is 1. The standard InChI is InChI=1S/C25H28N6O3S/c1-15(2)31(23(32)17-7-5-16(3)6-8-17)22-18(24(33)34)13-30(28-22)21-10-9-20(35-21)19-14-29-12-4-11-26-25(29)27-19/h4,9-17H,5-8H2,1-3H3,(H,33,34)/t16-,17-. The second-order valence-corrected chi connectivity index (χ2v) is 10.5. The van der Waals surface area contributed by atoms with E-state index in [9.17, 15) is 14.7 Å². The van der Waals surface area contributed by atoms with Crippen LogP contribution in [0.1, 0.15) is 56.8 Å². The molecular weight excluding hydrogens is 464 g/mol. The minimum Gasteiger partial charge on any atom is -0.477 e. The smallest absolute Gasteiger partial charge is 0.341 e. The van der Waals surface area contributed by atoms with E-state index < -0.39 is 5.97 Å². The Morgan fingerprint density at radius 2 is 1.94 bits per heavy atom. The van der Waals surface area contributed by atoms with E-state index >= 15 is 0 Å². The first-order valence-electron chi connectivity index (χ1n) is 11.9. The van der Waals surface area contributed by atoms with E-state index in [1.165, 1.54) is 17.5 Å². The molecule has 10 heteroatoms. The van der Waals surface area contributed by atoms with Crippen LogP contribution in [0.5, 0.6) is 0 Å². The van der Waals surface area contributed by atoms with Crippen molar-refractivity contribution in [3.05, 3.63) is 48.5 Å². The van der Waals surface area contributed by atoms with Gasteiger partial charge in [0.05, 0.1) is 4.88 Å². The summed E-state index contributed by atoms with van der Waals surface area (Å²) in [6.45, 7) is 6.01. The first-order valence-corrected chi connectivity index (χ1v) is 12.7. The van der Waals surface area contributed by atoms with E-state index in [0.29, 0.717) is 11.7 Å². The zero-order valence-electron chi connectivity index (χ0n) is 20.0. The van der Waals surface area contributed by atoms with Gasteiger partial charge >= 0.3 is 5.97 Å². The van der Waals surface area contributed by atoms with Crippen molar-refractivity contribution < 1.29 is 14.7 Å². The molecule has 1 N–H and O–H groups in total. The summed E-state index contributed by atoms with van der Waals surface area (Å²) in [6, 6.07) is 5.43. The van der Waals surface area contributed by atoms with E-state index in [4.69, 9.17) is 0 Å². The van der Waals surface area contributed by atoms with Gasteiger partial charge in [0, 0.05) is 36.7 Å². The normalized spacial score (nSPS) is 18.3. The lowest BCUT2D eigenvalue weighted by molar-refractivity contribution is -0.123. The molecule has 5 rings (SSSR count). The summed E-state index contributed by atoms with van der Waals surface area (Å²) in [5.41, 5.74) is 0.791. The second kappa shape index (κ2) is 9.26. The summed E-state index contributed by atoms with van der Waals surface area (Å²) >= 11 is 1.45. The van der Waals surface area contributed by atoms with E-state index in [1.54, 1.807) is 15.8 Å². The van der Waals surface area contributed by atoms with Crippen LogP contribution in [0.3, 0.4) is 0 Å². The molecule has 4 aromatic rings. The maximum Gasteiger partial charge on any atom is 0.341 e. The molecule has 0 saturated heterocycles. The Balaban J connectivity index is 1.48. The Labute approximate surface area is 207 Å². The van der Waals surface area contributed by atoms with Gasteiger partial charge in [0.25, 0.3) is 0 Å². The van der Waals surface area contributed by atoms with Crippen molar-refractivity contribution in [3.63, 3.8) is 0 Å². The molecule has 4 heterocycles. The Kier molecular flexibility index (Phi) is 6.14. The fraction of sp³-hybridized carbons (Fsp3) is 0.400. The van der Waals surface area contributed by atoms with Crippen LogP contribution < -0.4 is 4.90 Å². The fourth-order valence-corrected chi connectivity index (χ4v) is 5.54. The number of aromatic carboxylic acids is 1. The fourth-order valence-electron chi connectivity index (χ4n) is 4.65. The summed E-state index contributed by atoms with van der Waals surface area (Å²) in [5, 5.41) is 15.3. The molecule has 1 saturated carbocycles. The number of hydrogen-bond acceptors (Lipinski definition) is 6. The Morgan fingerprint density at radius 1 is 1.17 bits per heavy atom. The zero-order valence-corrected chi connectivity index (χ0v) is 20.8. The summed E-state index contributed by atoms with van der Waals surface area (Å²) in [5.74, 6) is 0.182. The van der Waals surface area contributed by atoms with Gasteiger partial charge in [-0.1, -0.05) is 6.92 Å². The van der Waals surface area contributed by atoms with Crippen LogP contribution in [-0.4, -0.2) is 47.2 Å². The summed E-state index contributed by atoms with van der Waals surface area (Å²) < 4.78 is 3.40. The van der Waals surface area contributed by atoms with Gasteiger partial charge in [-0.3, -0.25) is 14.1 Å². The number of amides is 1. The topological polar surface area (TPSA) is 106 Å². The van der Waals surface area contributed by atoms with Crippen LogP contribution in [0.15, 0.2) is 43.0 Å². The molecule has 1 amide bonds. The molecule has 0 unspecified atom stereocenters. The predicted molar refractivity (Wildman–Crippen MR) is 134 cm³/mol. The molecule has 0 aromatic carbocycles. The maximum atomic E-state index is 13.5. The largest absolute Gasteiger partial charge is 0.477 e. The molecule has 0 atom stereocenters. The average Bonchev–Trinajstić information content (AvgIpc) is 3.57. The number of carboxylic acids is 1. The summed E-state index contributed by atoms with van der Waals surface area (Å²) in [6.07, 6.45) is 10.7. The Bertz CT molecular complexity index is 1350. The lowest BCUT2D eigenvalue weighted by atomic mass is 9.82. The highest BCUT2D eigenvalue weighted by Gasteiger charge is 2.34. The number of carbonyl (C=O) groups is 2. The van der Waals surface area contributed by atoms with Crippen molar-refractivity contribution in [2.75, 3.05) is 4.90 Å². The van der Waals surface area contributed by atoms with Crippen molar-refractivity contribution in [2.24, 2.45) is 11.8 Å². The maximum absolute atomic E-state index is 13.5. The third-order valence-electron chi connectivity index (χ3n) is 6.58. The van der Waals surface area contributed by atoms with Crippen LogP contribution in [0, 0.1) is 11.8 Å². The van der Waals surface area contributed by atoms with Crippen molar-refractivity contribution in [3.8, 4) is 15.6 Å². The number of carbonyl (C=O) groups excluding carboxylic acids is 1. The number of imidazole rings is 1. The van der Waals surface area contributed by atoms with Crippen LogP contribution in [0.2, 0.25) is 0 Å². The average molecular weight is 493 g/mol. The zero-order chi connectivity index (χ0) is 24.7. The minimum absolute atomic E-state index is 0.0168. The van der Waals surface area contributed by atoms with Gasteiger partial charge in [0.2, 0.25) is 11.7 Å². The van der Waals surface area contributed by atoms with Gasteiger partial charge in [-0.2, -0.15) is 0 Å². The van der Waals surface area contributed by atoms with Crippen LogP contribution in [0.4, 0.5) is 5.82 Å². The van der Waals surface area contributed by atoms with Gasteiger partial charge in [-0.25, -0.2) is 19.4 Å². The van der Waals surface area contributed by atoms with Gasteiger partial charge in [0.15, 0.2) is 5.82 Å². The first-order chi connectivity index (χ1) is 16.8. The number of fused-ring (bicyclic) bond motifs is 1. The van der Waals surface area contributed by atoms with Crippen LogP contribution in [-0.2, 0) is 4.79 Å². The number of nitrogens with zero attached hydrogens (tertiary/aromatic N) is 6. The van der Waals surface area contributed by atoms with E-state index in [-0.39, 0.29) is 29.2 Å². The van der Waals surface area contributed by atoms with Crippen LogP contribution in [0.25, 0.3) is 21.3 Å². The molecule has 4 aromatic heterocycles. The van der Waals surface area contributed by atoms with Crippen molar-refractivity contribution >= 4 is 34.8 Å². The number of carboxylic acid groups (broad SMARTS) is 1. The molecule has 1 aliphatic rings. The Morgan fingerprint density at radius 3 is 2.63 bits per heavy atom. The minimum atomic E-state index is -1.11. The number of thiophene rings is 1. The van der Waals surface area contributed by atoms with Gasteiger partial charge in [-0.15, -0.1) is 16.4 Å². The molecule has 0 bridgehead atoms. The highest BCUT2D eigenvalue weighted by Crippen LogP contribution is 2.34. The van der Waals surface area contributed by atoms with Gasteiger partial charge in [0.1, 0.15) is 16.3 Å². The van der Waals surface area contributed by atoms with E-state index in [0.717, 1.165) is 41.3 Å². The third-order valence-corrected chi connectivity index (χ3v) is 7.68. The van der Waals surface area contributed by atoms with Crippen LogP contribution >= 0.6 is 11.3 Å². The molecule has 35 heavy (non-hydrogen) atoms. The van der Waals surface area contributed by atoms with E-state index in [1.807, 2.05) is 48.8 Å². The van der Waals surface area contributed by atoms with Gasteiger partial charge < -0.3 is 5.11 Å². The molecule has 1 fully saturated rings. The van der Waals surface area contributed by atoms with Gasteiger partial charge in [-0.05, 0) is 63.6 Å². The highest BCUT2D eigenvalue weighted by atomic mass is 32.1. The highest BCUT2D eigenvalue weighted by molar-refractivity contribution is 7.17. The van der Waals surface area contributed by atoms with E-state index in [2.05, 4.69) is 22.0 Å². The molecule has 1 aliphatic carbocycles. The molecule has 0 aliphatic heterocycles. The lowest BCUT2D eigenvalue weighted by Crippen LogP contribution is -2.43. The molecule has 0 radical (unpaired) electrons. The summed E-state index contributed by atoms with van der Waals surface area (Å²) in [4.78, 5) is 37.0. The van der Waals surface area contributed by atoms with Crippen molar-refractivity contribution in [1.29, 1.82) is 0 Å². The second-order valence-electron chi connectivity index (χ2n) is 9.47. The molecule has 182 valence electrons.